The van der Waals surface area contributed by atoms with E-state index in [1.165, 1.54) is 113 Å². The first-order valence-corrected chi connectivity index (χ1v) is 42.0. The van der Waals surface area contributed by atoms with Gasteiger partial charge >= 0.3 is 30.2 Å². The number of benzene rings is 5. The van der Waals surface area contributed by atoms with Crippen molar-refractivity contribution < 1.29 is 83.5 Å². The summed E-state index contributed by atoms with van der Waals surface area (Å²) in [6.07, 6.45) is 12.5. The summed E-state index contributed by atoms with van der Waals surface area (Å²) < 4.78 is 134. The van der Waals surface area contributed by atoms with E-state index in [2.05, 4.69) is 109 Å². The molecule has 0 unspecified atom stereocenters. The first-order valence-electron chi connectivity index (χ1n) is 42.0. The lowest BCUT2D eigenvalue weighted by Gasteiger charge is -2.42. The molecular weight excluding hydrogens is 1910 g/mol. The van der Waals surface area contributed by atoms with Crippen LogP contribution in [0.2, 0.25) is 0 Å². The number of nitrogen functional groups attached to an aromatic ring is 1. The fraction of sp³-hybridized carbons (Fsp3) is 0.198. The number of fused-ring (bicyclic) bond motifs is 5. The van der Waals surface area contributed by atoms with Gasteiger partial charge in [-0.15, -0.1) is 0 Å². The monoisotopic (exact) mass is 1980 g/mol. The molecule has 20 rings (SSSR count). The summed E-state index contributed by atoms with van der Waals surface area (Å²) in [6, 6.07) is 34.2. The van der Waals surface area contributed by atoms with Crippen molar-refractivity contribution in [2.24, 2.45) is 17.8 Å². The molecule has 0 aliphatic heterocycles. The molecule has 2 saturated carbocycles. The maximum Gasteiger partial charge on any atom is 0.433 e. The van der Waals surface area contributed by atoms with Crippen LogP contribution in [0.5, 0.6) is 0 Å². The fourth-order valence-corrected chi connectivity index (χ4v) is 14.2. The molecule has 2 amide bonds. The average molecular weight is 1980 g/mol. The number of pyridine rings is 3. The summed E-state index contributed by atoms with van der Waals surface area (Å²) in [6.45, 7) is 9.62. The van der Waals surface area contributed by atoms with Gasteiger partial charge in [-0.25, -0.2) is 38.5 Å². The van der Waals surface area contributed by atoms with Crippen LogP contribution in [-0.4, -0.2) is 169 Å². The Bertz CT molecular complexity index is 8000. The Morgan fingerprint density at radius 1 is 0.458 bits per heavy atom. The average Bonchev–Trinajstić information content (AvgIpc) is 1.63. The van der Waals surface area contributed by atoms with Crippen molar-refractivity contribution in [1.29, 1.82) is 26.3 Å². The maximum atomic E-state index is 13.1. The Labute approximate surface area is 801 Å². The zero-order valence-electron chi connectivity index (χ0n) is 75.0. The van der Waals surface area contributed by atoms with E-state index in [4.69, 9.17) is 31.9 Å². The molecule has 18 aromatic rings. The molecule has 0 radical (unpaired) electrons. The maximum absolute atomic E-state index is 13.1. The number of carboxylic acids is 1. The van der Waals surface area contributed by atoms with Crippen molar-refractivity contribution >= 4 is 101 Å². The number of nitriles is 5. The number of nitro groups is 2. The number of nitro benzene ring substituents is 2. The number of hydrogen-bond acceptors (Lipinski definition) is 28. The Kier molecular flexibility index (Phi) is 30.3. The number of aliphatic hydroxyl groups is 2. The molecule has 0 saturated heterocycles. The molecule has 13 heterocycles. The van der Waals surface area contributed by atoms with Gasteiger partial charge < -0.3 is 31.7 Å². The van der Waals surface area contributed by atoms with Gasteiger partial charge in [0.05, 0.1) is 172 Å². The Morgan fingerprint density at radius 2 is 0.826 bits per heavy atom. The molecule has 5 aromatic carbocycles. The number of nitrogens with zero attached hydrogens (tertiary/aromatic N) is 25. The summed E-state index contributed by atoms with van der Waals surface area (Å²) in [5.74, 6) is -2.43. The minimum atomic E-state index is -4.69. The number of amides is 2. The Balaban J connectivity index is 0.000000145. The summed E-state index contributed by atoms with van der Waals surface area (Å²) >= 11 is 0. The zero-order valence-corrected chi connectivity index (χ0v) is 75.0. The molecular formula is C91H73F10N33O10. The third kappa shape index (κ3) is 25.0. The minimum absolute atomic E-state index is 0.0958. The molecule has 2 aliphatic carbocycles. The van der Waals surface area contributed by atoms with Crippen molar-refractivity contribution in [3.63, 3.8) is 0 Å². The predicted molar refractivity (Wildman–Crippen MR) is 489 cm³/mol. The number of H-pyrrole nitrogens is 5. The number of halogens is 10. The second-order valence-electron chi connectivity index (χ2n) is 32.9. The molecule has 0 bridgehead atoms. The lowest BCUT2D eigenvalue weighted by Crippen LogP contribution is -2.41. The summed E-state index contributed by atoms with van der Waals surface area (Å²) in [7, 11) is 0. The summed E-state index contributed by atoms with van der Waals surface area (Å²) in [4.78, 5) is 65.7. The van der Waals surface area contributed by atoms with E-state index in [1.807, 2.05) is 67.2 Å². The highest BCUT2D eigenvalue weighted by atomic mass is 19.4. The highest BCUT2D eigenvalue weighted by Gasteiger charge is 2.41. The van der Waals surface area contributed by atoms with Crippen LogP contribution in [0.15, 0.2) is 208 Å². The van der Waals surface area contributed by atoms with Gasteiger partial charge in [-0.05, 0) is 150 Å². The van der Waals surface area contributed by atoms with Gasteiger partial charge in [0.15, 0.2) is 0 Å². The van der Waals surface area contributed by atoms with Crippen LogP contribution in [0.25, 0.3) is 77.3 Å². The van der Waals surface area contributed by atoms with E-state index in [0.717, 1.165) is 83.9 Å². The number of hydrogen-bond donors (Lipinski definition) is 11. The molecule has 0 spiro atoms. The number of aromatic amines is 5. The third-order valence-corrected chi connectivity index (χ3v) is 21.8. The number of nitrogens with one attached hydrogen (secondary N) is 7. The third-order valence-electron chi connectivity index (χ3n) is 21.8. The van der Waals surface area contributed by atoms with Crippen molar-refractivity contribution in [3.05, 3.63) is 296 Å². The second-order valence-corrected chi connectivity index (χ2v) is 32.9. The summed E-state index contributed by atoms with van der Waals surface area (Å²) in [5.41, 5.74) is 7.26. The normalized spacial score (nSPS) is 14.1. The van der Waals surface area contributed by atoms with Gasteiger partial charge in [-0.1, -0.05) is 25.1 Å². The number of aromatic carboxylic acids is 1. The Morgan fingerprint density at radius 3 is 1.21 bits per heavy atom. The molecule has 144 heavy (non-hydrogen) atoms. The minimum Gasteiger partial charge on any atom is -0.477 e. The van der Waals surface area contributed by atoms with E-state index >= 15 is 0 Å². The number of aromatic nitrogens is 23. The topological polar surface area (TPSA) is 638 Å². The number of alkyl halides is 9. The number of nitrogens with two attached hydrogens (primary N) is 1. The van der Waals surface area contributed by atoms with E-state index < -0.39 is 103 Å². The lowest BCUT2D eigenvalue weighted by atomic mass is 9.68. The van der Waals surface area contributed by atoms with Gasteiger partial charge in [-0.2, -0.15) is 121 Å². The molecule has 12 N–H and O–H groups in total. The Hall–Kier alpha value is -19.4. The predicted octanol–water partition coefficient (Wildman–Crippen LogP) is 16.0. The molecule has 2 fully saturated rings. The highest BCUT2D eigenvalue weighted by Crippen LogP contribution is 2.45. The molecule has 732 valence electrons. The van der Waals surface area contributed by atoms with E-state index in [0.29, 0.717) is 94.9 Å². The van der Waals surface area contributed by atoms with Crippen LogP contribution in [-0.2, 0) is 18.5 Å². The summed E-state index contributed by atoms with van der Waals surface area (Å²) in [5, 5.41) is 155. The number of carboxylic acid groups (broad SMARTS) is 1. The fourth-order valence-electron chi connectivity index (χ4n) is 14.2. The van der Waals surface area contributed by atoms with Crippen LogP contribution in [0.1, 0.15) is 143 Å². The van der Waals surface area contributed by atoms with E-state index in [1.54, 1.807) is 67.5 Å². The highest BCUT2D eigenvalue weighted by molar-refractivity contribution is 6.06. The first-order chi connectivity index (χ1) is 68.2. The number of carbonyl (C=O) groups excluding carboxylic acids is 2. The van der Waals surface area contributed by atoms with E-state index in [-0.39, 0.29) is 40.3 Å². The van der Waals surface area contributed by atoms with Crippen LogP contribution in [0.4, 0.5) is 72.3 Å². The molecule has 2 aliphatic rings. The van der Waals surface area contributed by atoms with Crippen LogP contribution in [0.3, 0.4) is 0 Å². The van der Waals surface area contributed by atoms with Crippen molar-refractivity contribution in [2.45, 2.75) is 96.1 Å². The molecule has 13 aromatic heterocycles. The first kappa shape index (κ1) is 102. The number of rotatable bonds is 14. The molecule has 43 nitrogen and oxygen atoms in total. The van der Waals surface area contributed by atoms with E-state index in [9.17, 15) is 94.0 Å². The van der Waals surface area contributed by atoms with Crippen LogP contribution < -0.4 is 16.4 Å². The smallest absolute Gasteiger partial charge is 0.433 e. The zero-order chi connectivity index (χ0) is 104. The van der Waals surface area contributed by atoms with Crippen LogP contribution >= 0.6 is 0 Å². The molecule has 0 atom stereocenters. The second kappa shape index (κ2) is 42.7. The SMILES string of the molecule is CC(C)(O)C1CC(n2cc3cc(NC(=O)c4cccc(C(F)(F)F)n4)c(-n4cc(C#N)cn4)cc3n2)C1.CC1CC(C(C)(C)O)C1.N#Cc1cn[nH]c1.N#Cc1cnn(-c2cc3[nH]ncc3cc2N)c1.N#Cc1cnn(-c2cc3[nH]ncc3cc2NC(=O)c2cccc(C(F)(F)F)n2)c1.N#Cc1cnn(-c2cc3[nH]ncc3cc2[N+](=O)[O-])c1.O=C(O)c1cccc(C(F)(F)F)n1.O=[N+]([O-])c1cc2cn[nH]c2cc1F. The van der Waals surface area contributed by atoms with Gasteiger partial charge in [-0.3, -0.25) is 60.0 Å². The molecule has 53 heteroatoms. The van der Waals surface area contributed by atoms with Gasteiger partial charge in [0.2, 0.25) is 5.82 Å². The van der Waals surface area contributed by atoms with Crippen molar-refractivity contribution in [1.82, 2.24) is 115 Å². The van der Waals surface area contributed by atoms with Gasteiger partial charge in [0.1, 0.15) is 70.2 Å². The van der Waals surface area contributed by atoms with Crippen molar-refractivity contribution in [2.75, 3.05) is 16.4 Å². The van der Waals surface area contributed by atoms with Crippen molar-refractivity contribution in [3.8, 4) is 53.1 Å². The van der Waals surface area contributed by atoms with Gasteiger partial charge in [0, 0.05) is 82.3 Å². The number of anilines is 3. The quantitative estimate of drug-likeness (QED) is 0.0208. The largest absolute Gasteiger partial charge is 0.477 e. The standard InChI is InChI=1S/C25H22F3N7O2.C18H10F3N7O.C11H6N6O2.C11H8N6.C8H16O.C7H4F3NO2.C7H4FN3O2.C4H3N3/c1-24(2,37)16-7-17(8-16)34-13-15-6-20(21(9-19(15)33-34)35-12-14(10-29)11-30-35)32-23(36)18-4-3-5-22(31-18)25(26,27)28;19-18(20,21)16-3-1-2-12(25-16)17(29)26-14-4-11-8-23-27-13(11)5-15(14)28-9-10(6-22)7-24-28;12-3-7-4-14-16(6-7)10-2-9-8(5-13-15-9)1-11(10)17(18)19;12-3-7-4-15-17(6-7)11-2-10-8(1-9(11)13)5-14-16-10;1-6-4-7(5-6)8(2,3)9;8-7(9,10)5-3-1-2-4(11-5)6(12)13;8-5-2-6-4(3-9-10-6)1-7(5)11(12)13;5-1-4-2-6-7-3-4/h3-6,9,11-13,16-17,37H,7-8H2,1-2H3,(H,32,36);1-5,7-9H,(H,23,27)(H,26,29);1-2,4-6H,(H,13,15);1-2,4-6H,13H2,(H,14,16);6-7,9H,4-5H2,1-3H3;1-3H,(H,12,13);1-3H,(H,9,10);2-3H,(H,6,7). The lowest BCUT2D eigenvalue weighted by molar-refractivity contribution is -0.387. The van der Waals surface area contributed by atoms with Crippen LogP contribution in [0, 0.1) is 100 Å². The van der Waals surface area contributed by atoms with Gasteiger partial charge in [0.25, 0.3) is 17.5 Å². The number of carbonyl (C=O) groups is 3.